The summed E-state index contributed by atoms with van der Waals surface area (Å²) in [5, 5.41) is 0.241. The molecule has 3 heteroatoms. The van der Waals surface area contributed by atoms with Crippen molar-refractivity contribution in [2.45, 2.75) is 13.3 Å². The number of carbonyl (C=O) groups is 1. The van der Waals surface area contributed by atoms with Crippen LogP contribution in [-0.2, 0) is 4.79 Å². The molecule has 0 aromatic rings. The Balaban J connectivity index is 0. The summed E-state index contributed by atoms with van der Waals surface area (Å²) in [6.45, 7) is 5.35. The van der Waals surface area contributed by atoms with Crippen LogP contribution in [-0.4, -0.2) is 40.4 Å². The molecule has 0 radical (unpaired) electrons. The maximum absolute atomic E-state index is 10.5. The fourth-order valence-corrected chi connectivity index (χ4v) is 0.762. The summed E-state index contributed by atoms with van der Waals surface area (Å²) in [6, 6.07) is 0. The first-order chi connectivity index (χ1) is 3.81. The van der Waals surface area contributed by atoms with Crippen molar-refractivity contribution in [1.82, 2.24) is 0 Å². The van der Waals surface area contributed by atoms with Gasteiger partial charge in [0.15, 0.2) is 5.12 Å². The second-order valence-corrected chi connectivity index (χ2v) is 2.40. The summed E-state index contributed by atoms with van der Waals surface area (Å²) in [5.74, 6) is 0.743. The van der Waals surface area contributed by atoms with E-state index >= 15 is 0 Å². The van der Waals surface area contributed by atoms with Gasteiger partial charge in [0.1, 0.15) is 0 Å². The minimum absolute atomic E-state index is 0. The van der Waals surface area contributed by atoms with E-state index in [1.807, 2.05) is 6.92 Å². The van der Waals surface area contributed by atoms with Crippen LogP contribution in [0.1, 0.15) is 13.3 Å². The second kappa shape index (κ2) is 8.76. The Hall–Kier alpha value is 0.760. The van der Waals surface area contributed by atoms with Crippen molar-refractivity contribution in [2.24, 2.45) is 0 Å². The van der Waals surface area contributed by atoms with Crippen molar-refractivity contribution in [3.05, 3.63) is 12.7 Å². The number of hydrogen-bond acceptors (Lipinski definition) is 2. The Morgan fingerprint density at radius 3 is 2.67 bits per heavy atom. The average Bonchev–Trinajstić information content (AvgIpc) is 1.83. The van der Waals surface area contributed by atoms with E-state index in [1.54, 1.807) is 6.08 Å². The third-order valence-corrected chi connectivity index (χ3v) is 1.66. The summed E-state index contributed by atoms with van der Waals surface area (Å²) >= 11 is 1.32. The minimum atomic E-state index is 0. The molecule has 0 heterocycles. The Labute approximate surface area is 82.6 Å². The molecule has 0 atom stereocenters. The third-order valence-electron chi connectivity index (χ3n) is 0.651. The normalized spacial score (nSPS) is 7.67. The molecule has 0 rings (SSSR count). The third kappa shape index (κ3) is 8.76. The van der Waals surface area contributed by atoms with Crippen LogP contribution in [0.2, 0.25) is 0 Å². The molecule has 0 aliphatic heterocycles. The zero-order valence-corrected chi connectivity index (χ0v) is 5.83. The van der Waals surface area contributed by atoms with Crippen molar-refractivity contribution in [3.8, 4) is 0 Å². The molecule has 0 aliphatic rings. The Kier molecular flexibility index (Phi) is 12.1. The van der Waals surface area contributed by atoms with Gasteiger partial charge in [-0.3, -0.25) is 4.79 Å². The van der Waals surface area contributed by atoms with Crippen LogP contribution in [0.3, 0.4) is 0 Å². The molecule has 0 bridgehead atoms. The fraction of sp³-hybridized carbons (Fsp3) is 0.500. The molecular formula is C6H11NaOS. The van der Waals surface area contributed by atoms with Crippen LogP contribution in [0.15, 0.2) is 12.7 Å². The van der Waals surface area contributed by atoms with Gasteiger partial charge in [-0.1, -0.05) is 24.8 Å². The molecule has 1 nitrogen and oxygen atoms in total. The van der Waals surface area contributed by atoms with Gasteiger partial charge < -0.3 is 0 Å². The number of rotatable bonds is 3. The molecule has 0 fully saturated rings. The van der Waals surface area contributed by atoms with Gasteiger partial charge in [0.25, 0.3) is 0 Å². The van der Waals surface area contributed by atoms with Crippen LogP contribution < -0.4 is 0 Å². The summed E-state index contributed by atoms with van der Waals surface area (Å²) in [7, 11) is 0. The standard InChI is InChI=1S/C6H10OS.Na.H/c1-3-5-8-6(7)4-2;;/h3H,1,4-5H2,2H3;;. The first-order valence-electron chi connectivity index (χ1n) is 2.57. The van der Waals surface area contributed by atoms with Gasteiger partial charge in [-0.2, -0.15) is 0 Å². The van der Waals surface area contributed by atoms with Gasteiger partial charge in [-0.05, 0) is 0 Å². The molecule has 0 saturated heterocycles. The van der Waals surface area contributed by atoms with Gasteiger partial charge in [-0.15, -0.1) is 6.58 Å². The number of thioether (sulfide) groups is 1. The molecule has 0 aromatic carbocycles. The van der Waals surface area contributed by atoms with E-state index in [-0.39, 0.29) is 34.7 Å². The van der Waals surface area contributed by atoms with Gasteiger partial charge in [0.05, 0.1) is 0 Å². The van der Waals surface area contributed by atoms with E-state index in [4.69, 9.17) is 0 Å². The summed E-state index contributed by atoms with van der Waals surface area (Å²) < 4.78 is 0. The Morgan fingerprint density at radius 1 is 1.78 bits per heavy atom. The van der Waals surface area contributed by atoms with E-state index in [1.165, 1.54) is 11.8 Å². The quantitative estimate of drug-likeness (QED) is 0.448. The van der Waals surface area contributed by atoms with Gasteiger partial charge >= 0.3 is 29.6 Å². The molecule has 48 valence electrons. The zero-order chi connectivity index (χ0) is 6.41. The van der Waals surface area contributed by atoms with Crippen molar-refractivity contribution in [1.29, 1.82) is 0 Å². The van der Waals surface area contributed by atoms with Crippen molar-refractivity contribution < 1.29 is 4.79 Å². The number of hydrogen-bond donors (Lipinski definition) is 0. The van der Waals surface area contributed by atoms with Crippen molar-refractivity contribution >= 4 is 46.4 Å². The average molecular weight is 154 g/mol. The predicted molar refractivity (Wildman–Crippen MR) is 45.1 cm³/mol. The molecule has 0 N–H and O–H groups in total. The summed E-state index contributed by atoms with van der Waals surface area (Å²) in [5.41, 5.74) is 0. The first-order valence-corrected chi connectivity index (χ1v) is 3.56. The van der Waals surface area contributed by atoms with Crippen molar-refractivity contribution in [2.75, 3.05) is 5.75 Å². The first kappa shape index (κ1) is 12.4. The van der Waals surface area contributed by atoms with Gasteiger partial charge in [0, 0.05) is 12.2 Å². The second-order valence-electron chi connectivity index (χ2n) is 1.33. The maximum atomic E-state index is 10.5. The van der Waals surface area contributed by atoms with Crippen LogP contribution in [0, 0.1) is 0 Å². The number of carbonyl (C=O) groups excluding carboxylic acids is 1. The summed E-state index contributed by atoms with van der Waals surface area (Å²) in [4.78, 5) is 10.5. The molecule has 0 unspecified atom stereocenters. The van der Waals surface area contributed by atoms with E-state index < -0.39 is 0 Å². The van der Waals surface area contributed by atoms with E-state index in [0.29, 0.717) is 6.42 Å². The SMILES string of the molecule is C=CCSC(=O)CC.[NaH]. The molecule has 9 heavy (non-hydrogen) atoms. The fourth-order valence-electron chi connectivity index (χ4n) is 0.254. The van der Waals surface area contributed by atoms with E-state index in [2.05, 4.69) is 6.58 Å². The molecule has 0 saturated carbocycles. The van der Waals surface area contributed by atoms with Crippen LogP contribution in [0.5, 0.6) is 0 Å². The van der Waals surface area contributed by atoms with Crippen LogP contribution in [0.4, 0.5) is 0 Å². The predicted octanol–water partition coefficient (Wildman–Crippen LogP) is 1.19. The molecule has 0 aromatic heterocycles. The van der Waals surface area contributed by atoms with Gasteiger partial charge in [-0.25, -0.2) is 0 Å². The van der Waals surface area contributed by atoms with Crippen molar-refractivity contribution in [3.63, 3.8) is 0 Å². The molecule has 0 amide bonds. The van der Waals surface area contributed by atoms with E-state index in [0.717, 1.165) is 5.75 Å². The van der Waals surface area contributed by atoms with Gasteiger partial charge in [0.2, 0.25) is 0 Å². The van der Waals surface area contributed by atoms with Crippen LogP contribution >= 0.6 is 11.8 Å². The van der Waals surface area contributed by atoms with Crippen LogP contribution in [0.25, 0.3) is 0 Å². The molecule has 0 spiro atoms. The van der Waals surface area contributed by atoms with E-state index in [9.17, 15) is 4.79 Å². The summed E-state index contributed by atoms with van der Waals surface area (Å²) in [6.07, 6.45) is 2.36. The monoisotopic (exact) mass is 154 g/mol. The molecular weight excluding hydrogens is 143 g/mol. The Morgan fingerprint density at radius 2 is 2.33 bits per heavy atom. The molecule has 0 aliphatic carbocycles. The Bertz CT molecular complexity index is 93.1. The zero-order valence-electron chi connectivity index (χ0n) is 5.02. The topological polar surface area (TPSA) is 17.1 Å².